The lowest BCUT2D eigenvalue weighted by molar-refractivity contribution is -0.140. The van der Waals surface area contributed by atoms with Crippen LogP contribution in [0.1, 0.15) is 23.1 Å². The molecule has 58 heavy (non-hydrogen) atoms. The number of carboxylic acids is 2. The minimum atomic E-state index is -5.00. The normalized spacial score (nSPS) is 17.3. The summed E-state index contributed by atoms with van der Waals surface area (Å²) in [7, 11) is -9.30. The number of imide groups is 1. The lowest BCUT2D eigenvalue weighted by atomic mass is 10.1. The lowest BCUT2D eigenvalue weighted by Gasteiger charge is -2.21. The van der Waals surface area contributed by atoms with Crippen LogP contribution in [-0.4, -0.2) is 92.1 Å². The van der Waals surface area contributed by atoms with Crippen LogP contribution in [0.4, 0.5) is 10.5 Å². The third-order valence-corrected chi connectivity index (χ3v) is 14.7. The zero-order valence-corrected chi connectivity index (χ0v) is 34.9. The van der Waals surface area contributed by atoms with E-state index in [0.29, 0.717) is 47.3 Å². The largest absolute Gasteiger partial charge is 0.480 e. The average Bonchev–Trinajstić information content (AvgIpc) is 3.80. The molecule has 2 aromatic carbocycles. The molecule has 2 aromatic heterocycles. The summed E-state index contributed by atoms with van der Waals surface area (Å²) in [6.45, 7) is 1.85. The van der Waals surface area contributed by atoms with Crippen LogP contribution in [0.5, 0.6) is 0 Å². The number of aromatic nitrogens is 2. The minimum absolute atomic E-state index is 0.0108. The summed E-state index contributed by atoms with van der Waals surface area (Å²) in [4.78, 5) is 80.2. The van der Waals surface area contributed by atoms with Gasteiger partial charge in [0.05, 0.1) is 16.5 Å². The van der Waals surface area contributed by atoms with E-state index in [1.807, 2.05) is 30.9 Å². The van der Waals surface area contributed by atoms with Gasteiger partial charge >= 0.3 is 11.9 Å². The highest BCUT2D eigenvalue weighted by molar-refractivity contribution is 8.23. The van der Waals surface area contributed by atoms with E-state index in [2.05, 4.69) is 0 Å². The molecule has 4 N–H and O–H groups in total. The first-order chi connectivity index (χ1) is 27.1. The molecule has 4 aromatic rings. The number of benzene rings is 2. The Kier molecular flexibility index (Phi) is 12.1. The molecule has 1 fully saturated rings. The summed E-state index contributed by atoms with van der Waals surface area (Å²) in [5, 5.41) is 18.4. The number of fused-ring (bicyclic) bond motifs is 1. The zero-order valence-electron chi connectivity index (χ0n) is 30.0. The molecular weight excluding hydrogens is 881 g/mol. The van der Waals surface area contributed by atoms with Crippen LogP contribution in [0, 0.1) is 23.0 Å². The van der Waals surface area contributed by atoms with Crippen LogP contribution in [0.3, 0.4) is 0 Å². The number of carbonyl (C=O) groups excluding carboxylic acids is 2. The number of amides is 2. The Morgan fingerprint density at radius 2 is 1.43 bits per heavy atom. The molecule has 0 radical (unpaired) electrons. The van der Waals surface area contributed by atoms with E-state index < -0.39 is 88.6 Å². The van der Waals surface area contributed by atoms with Crippen LogP contribution in [-0.2, 0) is 47.0 Å². The maximum atomic E-state index is 14.4. The van der Waals surface area contributed by atoms with E-state index in [1.165, 1.54) is 11.8 Å². The van der Waals surface area contributed by atoms with Gasteiger partial charge in [0.1, 0.15) is 36.4 Å². The smallest absolute Gasteiger partial charge is 0.323 e. The minimum Gasteiger partial charge on any atom is -0.480 e. The summed E-state index contributed by atoms with van der Waals surface area (Å²) in [6.07, 6.45) is 1.64. The number of carbonyl (C=O) groups is 4. The molecule has 0 unspecified atom stereocenters. The van der Waals surface area contributed by atoms with Gasteiger partial charge in [-0.15, -0.1) is 22.7 Å². The predicted octanol–water partition coefficient (Wildman–Crippen LogP) is 1.79. The van der Waals surface area contributed by atoms with Crippen LogP contribution in [0.15, 0.2) is 68.1 Å². The van der Waals surface area contributed by atoms with Gasteiger partial charge in [0, 0.05) is 17.0 Å². The summed E-state index contributed by atoms with van der Waals surface area (Å²) in [6, 6.07) is 12.2. The molecule has 6 rings (SSSR count). The maximum Gasteiger partial charge on any atom is 0.323 e. The number of hydrogen-bond donors (Lipinski definition) is 4. The Hall–Kier alpha value is -4.82. The first-order valence-corrected chi connectivity index (χ1v) is 23.1. The van der Waals surface area contributed by atoms with Crippen molar-refractivity contribution in [2.75, 3.05) is 23.7 Å². The standard InChI is InChI=1S/C34H30N4O14S6/c1-17-11-21-22(12-18(17)2)53-23(35(21)9-6-10-57(47,48)49)13-20(19-7-4-3-5-8-19)26-29(43)38(16-58(50,51)52)33(54-26)27-30(44)36(14-24(39)40)32(55-27)28-31(45)37(15-25(41)42)34(46)56-28/h3-5,7-8,11-13H,6,9-10,14-16H2,1-2H3,(H,39,40)(H,41,42)(H,47,48,49)(H,50,51,52)/b23-13?,26-20-,32-28+,33-27+. The van der Waals surface area contributed by atoms with E-state index in [1.54, 1.807) is 36.4 Å². The van der Waals surface area contributed by atoms with Crippen LogP contribution in [0.2, 0.25) is 0 Å². The Balaban J connectivity index is 1.72. The molecule has 2 aliphatic rings. The Morgan fingerprint density at radius 3 is 2.05 bits per heavy atom. The first-order valence-electron chi connectivity index (χ1n) is 16.6. The number of aryl methyl sites for hydroxylation is 2. The number of thioether (sulfide) groups is 2. The third kappa shape index (κ3) is 9.07. The van der Waals surface area contributed by atoms with Gasteiger partial charge in [0.2, 0.25) is 0 Å². The number of hydrogen-bond acceptors (Lipinski definition) is 15. The maximum absolute atomic E-state index is 14.4. The van der Waals surface area contributed by atoms with Gasteiger partial charge in [0.15, 0.2) is 5.88 Å². The third-order valence-electron chi connectivity index (χ3n) is 8.61. The molecule has 1 saturated heterocycles. The van der Waals surface area contributed by atoms with Crippen molar-refractivity contribution < 1.29 is 55.3 Å². The fourth-order valence-corrected chi connectivity index (χ4v) is 11.8. The van der Waals surface area contributed by atoms with E-state index >= 15 is 0 Å². The number of nitrogens with zero attached hydrogens (tertiary/aromatic N) is 4. The molecule has 4 heterocycles. The number of carboxylic acid groups (broad SMARTS) is 2. The number of thiazole rings is 2. The monoisotopic (exact) mass is 910 g/mol. The molecule has 0 bridgehead atoms. The molecule has 0 spiro atoms. The molecule has 306 valence electrons. The summed E-state index contributed by atoms with van der Waals surface area (Å²) in [5.74, 6) is -6.09. The molecule has 0 atom stereocenters. The highest BCUT2D eigenvalue weighted by atomic mass is 32.2. The van der Waals surface area contributed by atoms with Crippen molar-refractivity contribution in [2.45, 2.75) is 37.6 Å². The van der Waals surface area contributed by atoms with Gasteiger partial charge < -0.3 is 15.1 Å². The second kappa shape index (κ2) is 16.4. The van der Waals surface area contributed by atoms with Gasteiger partial charge in [0.25, 0.3) is 42.5 Å². The Labute approximate surface area is 343 Å². The highest BCUT2D eigenvalue weighted by Crippen LogP contribution is 2.48. The molecule has 18 nitrogen and oxygen atoms in total. The molecule has 24 heteroatoms. The van der Waals surface area contributed by atoms with Crippen molar-refractivity contribution in [2.24, 2.45) is 0 Å². The quantitative estimate of drug-likeness (QED) is 0.148. The lowest BCUT2D eigenvalue weighted by Crippen LogP contribution is -2.35. The fourth-order valence-electron chi connectivity index (χ4n) is 5.94. The van der Waals surface area contributed by atoms with E-state index in [-0.39, 0.29) is 44.2 Å². The average molecular weight is 911 g/mol. The first kappa shape index (κ1) is 42.8. The van der Waals surface area contributed by atoms with Gasteiger partial charge in [-0.3, -0.25) is 51.9 Å². The van der Waals surface area contributed by atoms with Crippen LogP contribution in [0.25, 0.3) is 10.5 Å². The van der Waals surface area contributed by atoms with Gasteiger partial charge in [-0.25, -0.2) is 0 Å². The van der Waals surface area contributed by atoms with Crippen molar-refractivity contribution in [3.8, 4) is 0 Å². The zero-order chi connectivity index (χ0) is 42.4. The van der Waals surface area contributed by atoms with Crippen LogP contribution >= 0.6 is 46.2 Å². The van der Waals surface area contributed by atoms with Gasteiger partial charge in [-0.05, 0) is 66.9 Å². The summed E-state index contributed by atoms with van der Waals surface area (Å²) in [5.41, 5.74) is 1.19. The van der Waals surface area contributed by atoms with Crippen molar-refractivity contribution in [1.82, 2.24) is 14.0 Å². The van der Waals surface area contributed by atoms with Crippen molar-refractivity contribution in [3.63, 3.8) is 0 Å². The molecule has 2 amide bonds. The van der Waals surface area contributed by atoms with E-state index in [9.17, 15) is 64.9 Å². The Bertz CT molecular complexity index is 3040. The second-order valence-electron chi connectivity index (χ2n) is 12.7. The van der Waals surface area contributed by atoms with Gasteiger partial charge in [-0.1, -0.05) is 42.1 Å². The predicted molar refractivity (Wildman–Crippen MR) is 216 cm³/mol. The van der Waals surface area contributed by atoms with Crippen molar-refractivity contribution >= 4 is 106 Å². The van der Waals surface area contributed by atoms with Crippen molar-refractivity contribution in [3.05, 3.63) is 109 Å². The van der Waals surface area contributed by atoms with Crippen molar-refractivity contribution in [1.29, 1.82) is 0 Å². The van der Waals surface area contributed by atoms with Crippen LogP contribution < -0.4 is 25.2 Å². The number of anilines is 1. The summed E-state index contributed by atoms with van der Waals surface area (Å²) >= 11 is 2.66. The van der Waals surface area contributed by atoms with Gasteiger partial charge in [-0.2, -0.15) is 16.8 Å². The Morgan fingerprint density at radius 1 is 0.776 bits per heavy atom. The molecule has 0 saturated carbocycles. The van der Waals surface area contributed by atoms with E-state index in [4.69, 9.17) is 0 Å². The second-order valence-corrected chi connectivity index (χ2v) is 19.8. The topological polar surface area (TPSA) is 268 Å². The number of allylic oxidation sites excluding steroid dienone is 1. The molecule has 2 aliphatic heterocycles. The number of rotatable bonds is 12. The summed E-state index contributed by atoms with van der Waals surface area (Å²) < 4.78 is 67.4. The van der Waals surface area contributed by atoms with E-state index in [0.717, 1.165) is 21.7 Å². The fraction of sp³-hybridized carbons (Fsp3) is 0.235. The highest BCUT2D eigenvalue weighted by Gasteiger charge is 2.38. The number of aliphatic carboxylic acids is 2. The SMILES string of the molecule is Cc1cc2c(cc1C)N(CCCS(=O)(=O)O)C(=C/C(c1ccccc1)=c1/s/c(=c3/s/c(=C4/SC(=O)N(CC(=O)O)C4=O)n(CC(=O)O)c3=O)n(CS(=O)(=O)O)c1=O)S2. The molecule has 0 aliphatic carbocycles. The molecular formula is C34H30N4O14S6.